The number of nitrogens with zero attached hydrogens (tertiary/aromatic N) is 3. The molecule has 0 unspecified atom stereocenters. The van der Waals surface area contributed by atoms with Gasteiger partial charge in [0.25, 0.3) is 10.0 Å². The highest BCUT2D eigenvalue weighted by Crippen LogP contribution is 2.25. The largest absolute Gasteiger partial charge is 0.334 e. The van der Waals surface area contributed by atoms with E-state index in [1.807, 2.05) is 6.92 Å². The number of hydrogen-bond donors (Lipinski definition) is 1. The lowest BCUT2D eigenvalue weighted by atomic mass is 10.3. The van der Waals surface area contributed by atoms with Gasteiger partial charge in [0.2, 0.25) is 0 Å². The Balaban J connectivity index is 2.41. The normalized spacial score (nSPS) is 11.6. The van der Waals surface area contributed by atoms with Crippen molar-refractivity contribution in [3.8, 4) is 0 Å². The third-order valence-corrected chi connectivity index (χ3v) is 4.43. The summed E-state index contributed by atoms with van der Waals surface area (Å²) in [7, 11) is -3.78. The van der Waals surface area contributed by atoms with Crippen molar-refractivity contribution in [1.29, 1.82) is 0 Å². The first-order chi connectivity index (χ1) is 9.35. The average molecular weight is 315 g/mol. The van der Waals surface area contributed by atoms with E-state index >= 15 is 0 Å². The van der Waals surface area contributed by atoms with E-state index in [0.29, 0.717) is 17.9 Å². The maximum absolute atomic E-state index is 12.3. The molecule has 8 heteroatoms. The minimum absolute atomic E-state index is 0.0313. The van der Waals surface area contributed by atoms with Gasteiger partial charge in [-0.25, -0.2) is 9.97 Å². The van der Waals surface area contributed by atoms with E-state index in [0.717, 1.165) is 0 Å². The van der Waals surface area contributed by atoms with Crippen LogP contribution in [0.25, 0.3) is 0 Å². The number of pyridine rings is 1. The number of sulfonamides is 1. The van der Waals surface area contributed by atoms with E-state index in [2.05, 4.69) is 14.7 Å². The lowest BCUT2D eigenvalue weighted by Crippen LogP contribution is -2.15. The first-order valence-electron chi connectivity index (χ1n) is 6.03. The molecule has 2 aromatic rings. The summed E-state index contributed by atoms with van der Waals surface area (Å²) in [5.41, 5.74) is 0.970. The molecule has 0 aliphatic carbocycles. The molecular weight excluding hydrogens is 300 g/mol. The van der Waals surface area contributed by atoms with Gasteiger partial charge in [0, 0.05) is 18.9 Å². The minimum atomic E-state index is -3.78. The van der Waals surface area contributed by atoms with Crippen molar-refractivity contribution < 1.29 is 8.42 Å². The van der Waals surface area contributed by atoms with Crippen molar-refractivity contribution in [2.24, 2.45) is 0 Å². The van der Waals surface area contributed by atoms with Gasteiger partial charge < -0.3 is 4.57 Å². The molecule has 0 bridgehead atoms. The molecule has 2 rings (SSSR count). The summed E-state index contributed by atoms with van der Waals surface area (Å²) in [6.45, 7) is 6.08. The monoisotopic (exact) mass is 314 g/mol. The highest BCUT2D eigenvalue weighted by molar-refractivity contribution is 7.92. The van der Waals surface area contributed by atoms with E-state index in [-0.39, 0.29) is 15.9 Å². The molecule has 0 aliphatic rings. The van der Waals surface area contributed by atoms with E-state index in [1.165, 1.54) is 12.4 Å². The molecule has 0 aliphatic heterocycles. The standard InChI is InChI=1S/C12H15ClN4O2S/c1-4-17-7-10(15-9(17)3)20(18,19)16-11-8(2)5-6-14-12(11)13/h5-7,16H,4H2,1-3H3. The van der Waals surface area contributed by atoms with Gasteiger partial charge in [-0.15, -0.1) is 0 Å². The van der Waals surface area contributed by atoms with Crippen molar-refractivity contribution in [3.05, 3.63) is 35.0 Å². The number of hydrogen-bond acceptors (Lipinski definition) is 4. The molecule has 2 heterocycles. The highest BCUT2D eigenvalue weighted by Gasteiger charge is 2.21. The van der Waals surface area contributed by atoms with Crippen LogP contribution in [0.4, 0.5) is 5.69 Å². The molecule has 0 radical (unpaired) electrons. The Labute approximate surface area is 122 Å². The Hall–Kier alpha value is -1.60. The third kappa shape index (κ3) is 2.78. The zero-order valence-electron chi connectivity index (χ0n) is 11.4. The van der Waals surface area contributed by atoms with Gasteiger partial charge in [-0.2, -0.15) is 8.42 Å². The first-order valence-corrected chi connectivity index (χ1v) is 7.89. The van der Waals surface area contributed by atoms with E-state index < -0.39 is 10.0 Å². The van der Waals surface area contributed by atoms with Gasteiger partial charge >= 0.3 is 0 Å². The van der Waals surface area contributed by atoms with Crippen LogP contribution < -0.4 is 4.72 Å². The summed E-state index contributed by atoms with van der Waals surface area (Å²) in [6.07, 6.45) is 3.02. The van der Waals surface area contributed by atoms with Gasteiger partial charge in [-0.05, 0) is 32.4 Å². The van der Waals surface area contributed by atoms with Crippen LogP contribution in [0.3, 0.4) is 0 Å². The molecule has 0 atom stereocenters. The van der Waals surface area contributed by atoms with Gasteiger partial charge in [-0.3, -0.25) is 4.72 Å². The lowest BCUT2D eigenvalue weighted by Gasteiger charge is -2.09. The van der Waals surface area contributed by atoms with Crippen molar-refractivity contribution >= 4 is 27.3 Å². The zero-order valence-corrected chi connectivity index (χ0v) is 13.0. The molecule has 20 heavy (non-hydrogen) atoms. The molecule has 108 valence electrons. The fraction of sp³-hybridized carbons (Fsp3) is 0.333. The fourth-order valence-corrected chi connectivity index (χ4v) is 3.22. The molecule has 0 saturated carbocycles. The van der Waals surface area contributed by atoms with Crippen LogP contribution in [-0.2, 0) is 16.6 Å². The summed E-state index contributed by atoms with van der Waals surface area (Å²) in [5.74, 6) is 0.641. The van der Waals surface area contributed by atoms with Gasteiger partial charge in [0.05, 0.1) is 5.69 Å². The van der Waals surface area contributed by atoms with Crippen molar-refractivity contribution in [1.82, 2.24) is 14.5 Å². The molecule has 1 N–H and O–H groups in total. The van der Waals surface area contributed by atoms with Crippen molar-refractivity contribution in [2.45, 2.75) is 32.3 Å². The van der Waals surface area contributed by atoms with Crippen molar-refractivity contribution in [2.75, 3.05) is 4.72 Å². The number of rotatable bonds is 4. The first kappa shape index (κ1) is 14.8. The Morgan fingerprint density at radius 2 is 2.10 bits per heavy atom. The molecule has 0 saturated heterocycles. The van der Waals surface area contributed by atoms with Crippen LogP contribution in [0.15, 0.2) is 23.5 Å². The maximum atomic E-state index is 12.3. The molecule has 6 nitrogen and oxygen atoms in total. The second-order valence-electron chi connectivity index (χ2n) is 4.31. The van der Waals surface area contributed by atoms with Crippen LogP contribution in [0.5, 0.6) is 0 Å². The molecular formula is C12H15ClN4O2S. The summed E-state index contributed by atoms with van der Waals surface area (Å²) in [4.78, 5) is 7.93. The number of aromatic nitrogens is 3. The molecule has 0 spiro atoms. The predicted octanol–water partition coefficient (Wildman–Crippen LogP) is 2.37. The molecule has 0 fully saturated rings. The predicted molar refractivity (Wildman–Crippen MR) is 77.4 cm³/mol. The highest BCUT2D eigenvalue weighted by atomic mass is 35.5. The van der Waals surface area contributed by atoms with Gasteiger partial charge in [0.1, 0.15) is 5.82 Å². The van der Waals surface area contributed by atoms with Crippen LogP contribution in [-0.4, -0.2) is 23.0 Å². The van der Waals surface area contributed by atoms with E-state index in [1.54, 1.807) is 24.5 Å². The summed E-state index contributed by atoms with van der Waals surface area (Å²) < 4.78 is 28.8. The minimum Gasteiger partial charge on any atom is -0.334 e. The smallest absolute Gasteiger partial charge is 0.281 e. The number of halogens is 1. The summed E-state index contributed by atoms with van der Waals surface area (Å²) in [5, 5.41) is 0.0800. The zero-order chi connectivity index (χ0) is 14.9. The summed E-state index contributed by atoms with van der Waals surface area (Å²) >= 11 is 5.92. The number of aryl methyl sites for hydroxylation is 3. The van der Waals surface area contributed by atoms with Crippen LogP contribution in [0.1, 0.15) is 18.3 Å². The molecule has 2 aromatic heterocycles. The average Bonchev–Trinajstić information content (AvgIpc) is 2.76. The number of nitrogens with one attached hydrogen (secondary N) is 1. The van der Waals surface area contributed by atoms with E-state index in [4.69, 9.17) is 11.6 Å². The maximum Gasteiger partial charge on any atom is 0.281 e. The third-order valence-electron chi connectivity index (χ3n) is 2.92. The Bertz CT molecular complexity index is 720. The molecule has 0 amide bonds. The number of anilines is 1. The summed E-state index contributed by atoms with van der Waals surface area (Å²) in [6, 6.07) is 1.68. The van der Waals surface area contributed by atoms with Crippen LogP contribution in [0.2, 0.25) is 5.15 Å². The topological polar surface area (TPSA) is 76.9 Å². The van der Waals surface area contributed by atoms with Crippen LogP contribution in [0, 0.1) is 13.8 Å². The van der Waals surface area contributed by atoms with Gasteiger partial charge in [0.15, 0.2) is 10.2 Å². The quantitative estimate of drug-likeness (QED) is 0.879. The SMILES string of the molecule is CCn1cc(S(=O)(=O)Nc2c(C)ccnc2Cl)nc1C. The fourth-order valence-electron chi connectivity index (χ4n) is 1.76. The van der Waals surface area contributed by atoms with Crippen LogP contribution >= 0.6 is 11.6 Å². The lowest BCUT2D eigenvalue weighted by molar-refractivity contribution is 0.598. The second kappa shape index (κ2) is 5.41. The Morgan fingerprint density at radius 3 is 2.65 bits per heavy atom. The van der Waals surface area contributed by atoms with E-state index in [9.17, 15) is 8.42 Å². The van der Waals surface area contributed by atoms with Crippen molar-refractivity contribution in [3.63, 3.8) is 0 Å². The Morgan fingerprint density at radius 1 is 1.40 bits per heavy atom. The second-order valence-corrected chi connectivity index (χ2v) is 6.30. The molecule has 0 aromatic carbocycles. The number of imidazole rings is 1. The Kier molecular flexibility index (Phi) is 4.01. The van der Waals surface area contributed by atoms with Gasteiger partial charge in [-0.1, -0.05) is 11.6 Å².